The van der Waals surface area contributed by atoms with Crippen LogP contribution >= 0.6 is 0 Å². The predicted octanol–water partition coefficient (Wildman–Crippen LogP) is 3.98. The summed E-state index contributed by atoms with van der Waals surface area (Å²) in [5.41, 5.74) is -1.45. The Morgan fingerprint density at radius 3 is 2.45 bits per heavy atom. The molecule has 0 fully saturated rings. The van der Waals surface area contributed by atoms with Crippen molar-refractivity contribution in [3.8, 4) is 5.75 Å². The Balaban J connectivity index is 2.86. The summed E-state index contributed by atoms with van der Waals surface area (Å²) >= 11 is 0. The van der Waals surface area contributed by atoms with Crippen molar-refractivity contribution in [3.05, 3.63) is 41.7 Å². The van der Waals surface area contributed by atoms with Gasteiger partial charge in [-0.15, -0.1) is 0 Å². The van der Waals surface area contributed by atoms with Gasteiger partial charge in [0.05, 0.1) is 5.75 Å². The van der Waals surface area contributed by atoms with Crippen LogP contribution < -0.4 is 9.46 Å². The van der Waals surface area contributed by atoms with Crippen molar-refractivity contribution >= 4 is 10.0 Å². The summed E-state index contributed by atoms with van der Waals surface area (Å²) < 4.78 is 69.9. The van der Waals surface area contributed by atoms with E-state index in [-0.39, 0.29) is 29.7 Å². The Morgan fingerprint density at radius 1 is 1.24 bits per heavy atom. The van der Waals surface area contributed by atoms with E-state index >= 15 is 0 Å². The minimum atomic E-state index is -3.69. The molecule has 29 heavy (non-hydrogen) atoms. The molecule has 0 aliphatic rings. The maximum absolute atomic E-state index is 13.8. The van der Waals surface area contributed by atoms with E-state index in [1.54, 1.807) is 19.1 Å². The summed E-state index contributed by atoms with van der Waals surface area (Å²) in [6.45, 7) is 6.40. The number of allylic oxidation sites excluding steroid dienone is 1. The standard InChI is InChI=1S/C20H30F3NO4S/c1-5-20(25,14-24-29(26,27)11-7-6-10-19(2,3)4)15-8-9-16(21)17(12-15)28-13-18(22)23/h6-9,12,18,24-25H,5,10-11,13-14H2,1-4H3/b7-6+/t20-/m1/s1. The monoisotopic (exact) mass is 437 g/mol. The molecular formula is C20H30F3NO4S. The molecule has 0 saturated carbocycles. The Kier molecular flexibility index (Phi) is 9.17. The lowest BCUT2D eigenvalue weighted by atomic mass is 9.91. The SMILES string of the molecule is CC[C@@](O)(CNS(=O)(=O)C/C=C/CC(C)(C)C)c1ccc(F)c(OCC(F)F)c1. The van der Waals surface area contributed by atoms with Crippen LogP contribution in [-0.4, -0.2) is 38.9 Å². The highest BCUT2D eigenvalue weighted by Gasteiger charge is 2.30. The van der Waals surface area contributed by atoms with Crippen LogP contribution in [0.3, 0.4) is 0 Å². The first-order valence-corrected chi connectivity index (χ1v) is 11.0. The first-order chi connectivity index (χ1) is 13.3. The third kappa shape index (κ3) is 9.18. The van der Waals surface area contributed by atoms with Gasteiger partial charge in [-0.05, 0) is 36.0 Å². The molecular weight excluding hydrogens is 407 g/mol. The average Bonchev–Trinajstić information content (AvgIpc) is 2.62. The van der Waals surface area contributed by atoms with Crippen LogP contribution in [0.1, 0.15) is 46.1 Å². The zero-order valence-corrected chi connectivity index (χ0v) is 18.0. The van der Waals surface area contributed by atoms with Crippen LogP contribution in [0.5, 0.6) is 5.75 Å². The number of ether oxygens (including phenoxy) is 1. The molecule has 0 unspecified atom stereocenters. The van der Waals surface area contributed by atoms with Crippen molar-refractivity contribution in [1.29, 1.82) is 0 Å². The number of nitrogens with one attached hydrogen (secondary N) is 1. The highest BCUT2D eigenvalue weighted by molar-refractivity contribution is 7.89. The normalized spacial score (nSPS) is 15.1. The van der Waals surface area contributed by atoms with E-state index in [9.17, 15) is 26.7 Å². The summed E-state index contributed by atoms with van der Waals surface area (Å²) in [6, 6.07) is 3.37. The second-order valence-corrected chi connectivity index (χ2v) is 9.92. The molecule has 1 aromatic carbocycles. The molecule has 9 heteroatoms. The fourth-order valence-corrected chi connectivity index (χ4v) is 3.37. The lowest BCUT2D eigenvalue weighted by Crippen LogP contribution is -2.41. The number of hydrogen-bond acceptors (Lipinski definition) is 4. The second-order valence-electron chi connectivity index (χ2n) is 8.07. The van der Waals surface area contributed by atoms with E-state index in [0.29, 0.717) is 0 Å². The van der Waals surface area contributed by atoms with Crippen molar-refractivity contribution in [1.82, 2.24) is 4.72 Å². The largest absolute Gasteiger partial charge is 0.485 e. The molecule has 1 aromatic rings. The first kappa shape index (κ1) is 25.5. The predicted molar refractivity (Wildman–Crippen MR) is 107 cm³/mol. The molecule has 0 aliphatic heterocycles. The summed E-state index contributed by atoms with van der Waals surface area (Å²) in [5, 5.41) is 10.9. The van der Waals surface area contributed by atoms with Crippen molar-refractivity contribution in [3.63, 3.8) is 0 Å². The van der Waals surface area contributed by atoms with Gasteiger partial charge in [0.25, 0.3) is 6.43 Å². The molecule has 5 nitrogen and oxygen atoms in total. The third-order valence-corrected chi connectivity index (χ3v) is 5.43. The molecule has 1 atom stereocenters. The summed E-state index contributed by atoms with van der Waals surface area (Å²) in [5.74, 6) is -1.52. The van der Waals surface area contributed by atoms with Gasteiger partial charge in [-0.2, -0.15) is 0 Å². The van der Waals surface area contributed by atoms with E-state index in [1.165, 1.54) is 6.07 Å². The van der Waals surface area contributed by atoms with Gasteiger partial charge in [-0.3, -0.25) is 0 Å². The van der Waals surface area contributed by atoms with Gasteiger partial charge in [0.15, 0.2) is 11.6 Å². The number of rotatable bonds is 11. The van der Waals surface area contributed by atoms with Gasteiger partial charge in [-0.1, -0.05) is 45.9 Å². The lowest BCUT2D eigenvalue weighted by molar-refractivity contribution is 0.0373. The fraction of sp³-hybridized carbons (Fsp3) is 0.600. The minimum absolute atomic E-state index is 0.0445. The second kappa shape index (κ2) is 10.4. The van der Waals surface area contributed by atoms with E-state index in [4.69, 9.17) is 4.74 Å². The minimum Gasteiger partial charge on any atom is -0.485 e. The van der Waals surface area contributed by atoms with Gasteiger partial charge < -0.3 is 9.84 Å². The van der Waals surface area contributed by atoms with Crippen LogP contribution in [0.4, 0.5) is 13.2 Å². The van der Waals surface area contributed by atoms with Crippen LogP contribution in [-0.2, 0) is 15.6 Å². The number of aliphatic hydroxyl groups is 1. The highest BCUT2D eigenvalue weighted by atomic mass is 32.2. The maximum Gasteiger partial charge on any atom is 0.272 e. The Labute approximate surface area is 171 Å². The van der Waals surface area contributed by atoms with Crippen LogP contribution in [0.25, 0.3) is 0 Å². The molecule has 2 N–H and O–H groups in total. The van der Waals surface area contributed by atoms with Gasteiger partial charge in [0.2, 0.25) is 10.0 Å². The van der Waals surface area contributed by atoms with Crippen molar-refractivity contribution in [2.45, 2.75) is 52.6 Å². The molecule has 0 aromatic heterocycles. The zero-order valence-electron chi connectivity index (χ0n) is 17.2. The number of alkyl halides is 2. The molecule has 1 rings (SSSR count). The molecule has 0 radical (unpaired) electrons. The van der Waals surface area contributed by atoms with Gasteiger partial charge in [0.1, 0.15) is 12.2 Å². The maximum atomic E-state index is 13.8. The molecule has 0 saturated heterocycles. The Hall–Kier alpha value is -1.58. The molecule has 0 spiro atoms. The molecule has 0 heterocycles. The van der Waals surface area contributed by atoms with Crippen molar-refractivity contribution in [2.24, 2.45) is 5.41 Å². The first-order valence-electron chi connectivity index (χ1n) is 9.34. The van der Waals surface area contributed by atoms with Gasteiger partial charge in [0, 0.05) is 6.54 Å². The van der Waals surface area contributed by atoms with Crippen LogP contribution in [0, 0.1) is 11.2 Å². The number of halogens is 3. The van der Waals surface area contributed by atoms with Crippen molar-refractivity contribution in [2.75, 3.05) is 18.9 Å². The number of hydrogen-bond donors (Lipinski definition) is 2. The van der Waals surface area contributed by atoms with Crippen LogP contribution in [0.2, 0.25) is 0 Å². The van der Waals surface area contributed by atoms with Crippen molar-refractivity contribution < 1.29 is 31.4 Å². The van der Waals surface area contributed by atoms with E-state index in [1.807, 2.05) is 20.8 Å². The molecule has 166 valence electrons. The van der Waals surface area contributed by atoms with E-state index in [2.05, 4.69) is 4.72 Å². The molecule has 0 bridgehead atoms. The molecule has 0 amide bonds. The van der Waals surface area contributed by atoms with E-state index < -0.39 is 40.2 Å². The Morgan fingerprint density at radius 2 is 1.90 bits per heavy atom. The summed E-state index contributed by atoms with van der Waals surface area (Å²) in [7, 11) is -3.69. The fourth-order valence-electron chi connectivity index (χ4n) is 2.41. The topological polar surface area (TPSA) is 75.6 Å². The highest BCUT2D eigenvalue weighted by Crippen LogP contribution is 2.29. The summed E-state index contributed by atoms with van der Waals surface area (Å²) in [4.78, 5) is 0. The van der Waals surface area contributed by atoms with Gasteiger partial charge >= 0.3 is 0 Å². The molecule has 0 aliphatic carbocycles. The number of sulfonamides is 1. The van der Waals surface area contributed by atoms with Crippen LogP contribution in [0.15, 0.2) is 30.4 Å². The smallest absolute Gasteiger partial charge is 0.272 e. The average molecular weight is 438 g/mol. The van der Waals surface area contributed by atoms with E-state index in [0.717, 1.165) is 18.6 Å². The third-order valence-electron chi connectivity index (χ3n) is 4.22. The summed E-state index contributed by atoms with van der Waals surface area (Å²) in [6.07, 6.45) is 1.39. The number of benzene rings is 1. The zero-order chi connectivity index (χ0) is 22.3. The van der Waals surface area contributed by atoms with Gasteiger partial charge in [-0.25, -0.2) is 26.3 Å². The Bertz CT molecular complexity index is 791. The lowest BCUT2D eigenvalue weighted by Gasteiger charge is -2.28. The quantitative estimate of drug-likeness (QED) is 0.514.